The van der Waals surface area contributed by atoms with E-state index in [4.69, 9.17) is 0 Å². The van der Waals surface area contributed by atoms with E-state index in [9.17, 15) is 9.59 Å². The first-order valence-corrected chi connectivity index (χ1v) is 10.6. The Labute approximate surface area is 151 Å². The number of hydrogen-bond donors (Lipinski definition) is 1. The van der Waals surface area contributed by atoms with Crippen molar-refractivity contribution in [3.63, 3.8) is 0 Å². The van der Waals surface area contributed by atoms with Gasteiger partial charge in [-0.2, -0.15) is 16.8 Å². The average Bonchev–Trinajstić information content (AvgIpc) is 2.95. The standard InChI is InChI=1S/C17H23N3O2S2/c1-2-8-18-14(21)7-9-23-10-13-19-16(22)15-11-5-3-4-6-12(11)24-17(15)20-13/h15H,2-10H2,1H3,(H,18,21). The first kappa shape index (κ1) is 17.7. The van der Waals surface area contributed by atoms with Gasteiger partial charge in [0.1, 0.15) is 11.8 Å². The molecule has 5 nitrogen and oxygen atoms in total. The van der Waals surface area contributed by atoms with E-state index in [0.29, 0.717) is 18.0 Å². The minimum Gasteiger partial charge on any atom is -0.356 e. The molecule has 0 aromatic rings. The zero-order valence-electron chi connectivity index (χ0n) is 14.0. The molecule has 0 saturated heterocycles. The lowest BCUT2D eigenvalue weighted by atomic mass is 9.89. The van der Waals surface area contributed by atoms with E-state index >= 15 is 0 Å². The number of amides is 2. The fourth-order valence-corrected chi connectivity index (χ4v) is 5.24. The van der Waals surface area contributed by atoms with E-state index in [1.54, 1.807) is 23.5 Å². The summed E-state index contributed by atoms with van der Waals surface area (Å²) in [4.78, 5) is 34.2. The van der Waals surface area contributed by atoms with Gasteiger partial charge >= 0.3 is 0 Å². The second kappa shape index (κ2) is 8.34. The lowest BCUT2D eigenvalue weighted by Crippen LogP contribution is -2.27. The maximum absolute atomic E-state index is 12.4. The Morgan fingerprint density at radius 3 is 3.00 bits per heavy atom. The largest absolute Gasteiger partial charge is 0.356 e. The fourth-order valence-electron chi connectivity index (χ4n) is 3.09. The molecule has 2 amide bonds. The summed E-state index contributed by atoms with van der Waals surface area (Å²) in [5.74, 6) is 1.78. The number of allylic oxidation sites excluding steroid dienone is 1. The summed E-state index contributed by atoms with van der Waals surface area (Å²) in [7, 11) is 0. The Balaban J connectivity index is 1.49. The molecule has 0 spiro atoms. The Hall–Kier alpha value is -1.08. The third kappa shape index (κ3) is 4.11. The molecule has 1 unspecified atom stereocenters. The number of thioether (sulfide) groups is 2. The van der Waals surface area contributed by atoms with Gasteiger partial charge in [0.2, 0.25) is 5.91 Å². The fraction of sp³-hybridized carbons (Fsp3) is 0.647. The molecule has 0 aromatic heterocycles. The quantitative estimate of drug-likeness (QED) is 0.704. The van der Waals surface area contributed by atoms with Gasteiger partial charge in [-0.3, -0.25) is 9.59 Å². The second-order valence-corrected chi connectivity index (χ2v) is 8.38. The van der Waals surface area contributed by atoms with Crippen molar-refractivity contribution >= 4 is 46.2 Å². The van der Waals surface area contributed by atoms with Crippen LogP contribution in [-0.4, -0.2) is 40.7 Å². The van der Waals surface area contributed by atoms with Crippen LogP contribution in [-0.2, 0) is 9.59 Å². The van der Waals surface area contributed by atoms with Crippen molar-refractivity contribution in [2.45, 2.75) is 45.4 Å². The molecule has 3 aliphatic rings. The van der Waals surface area contributed by atoms with Crippen LogP contribution in [0.4, 0.5) is 0 Å². The topological polar surface area (TPSA) is 70.9 Å². The molecule has 2 heterocycles. The lowest BCUT2D eigenvalue weighted by Gasteiger charge is -2.18. The van der Waals surface area contributed by atoms with Gasteiger partial charge in [0.15, 0.2) is 0 Å². The first-order chi connectivity index (χ1) is 11.7. The van der Waals surface area contributed by atoms with Crippen molar-refractivity contribution in [1.82, 2.24) is 5.32 Å². The van der Waals surface area contributed by atoms with Crippen LogP contribution < -0.4 is 5.32 Å². The zero-order chi connectivity index (χ0) is 16.9. The minimum atomic E-state index is -0.182. The molecule has 0 fully saturated rings. The maximum atomic E-state index is 12.4. The first-order valence-electron chi connectivity index (χ1n) is 8.63. The van der Waals surface area contributed by atoms with E-state index in [-0.39, 0.29) is 17.7 Å². The summed E-state index contributed by atoms with van der Waals surface area (Å²) in [5.41, 5.74) is 1.28. The van der Waals surface area contributed by atoms with Crippen LogP contribution >= 0.6 is 23.5 Å². The number of fused-ring (bicyclic) bond motifs is 2. The molecule has 3 rings (SSSR count). The molecule has 2 aliphatic heterocycles. The van der Waals surface area contributed by atoms with Crippen molar-refractivity contribution in [3.8, 4) is 0 Å². The van der Waals surface area contributed by atoms with Crippen LogP contribution in [0.2, 0.25) is 0 Å². The molecule has 0 aromatic carbocycles. The summed E-state index contributed by atoms with van der Waals surface area (Å²) in [6.07, 6.45) is 5.93. The molecule has 1 aliphatic carbocycles. The van der Waals surface area contributed by atoms with Crippen LogP contribution in [0.15, 0.2) is 20.5 Å². The Kier molecular flexibility index (Phi) is 6.16. The third-order valence-electron chi connectivity index (χ3n) is 4.28. The summed E-state index contributed by atoms with van der Waals surface area (Å²) in [6.45, 7) is 2.77. The van der Waals surface area contributed by atoms with Crippen LogP contribution in [0.5, 0.6) is 0 Å². The molecule has 0 saturated carbocycles. The molecule has 0 radical (unpaired) electrons. The number of carbonyl (C=O) groups is 2. The number of aliphatic imine (C=N–C) groups is 2. The lowest BCUT2D eigenvalue weighted by molar-refractivity contribution is -0.121. The molecule has 24 heavy (non-hydrogen) atoms. The van der Waals surface area contributed by atoms with E-state index < -0.39 is 0 Å². The Morgan fingerprint density at radius 1 is 1.33 bits per heavy atom. The summed E-state index contributed by atoms with van der Waals surface area (Å²) >= 11 is 3.30. The highest BCUT2D eigenvalue weighted by Gasteiger charge is 2.40. The van der Waals surface area contributed by atoms with Gasteiger partial charge in [-0.1, -0.05) is 18.7 Å². The van der Waals surface area contributed by atoms with E-state index in [2.05, 4.69) is 15.3 Å². The highest BCUT2D eigenvalue weighted by atomic mass is 32.2. The SMILES string of the molecule is CCCNC(=O)CCSCC1=NC(=O)C2C(=N1)SC1=C2CCCC1. The number of nitrogens with zero attached hydrogens (tertiary/aromatic N) is 2. The van der Waals surface area contributed by atoms with Gasteiger partial charge in [0, 0.05) is 18.7 Å². The summed E-state index contributed by atoms with van der Waals surface area (Å²) in [5, 5.41) is 3.79. The number of carbonyl (C=O) groups excluding carboxylic acids is 2. The molecule has 0 bridgehead atoms. The van der Waals surface area contributed by atoms with Crippen LogP contribution in [0, 0.1) is 5.92 Å². The van der Waals surface area contributed by atoms with Crippen molar-refractivity contribution in [3.05, 3.63) is 10.5 Å². The predicted molar refractivity (Wildman–Crippen MR) is 102 cm³/mol. The number of hydrogen-bond acceptors (Lipinski definition) is 5. The third-order valence-corrected chi connectivity index (χ3v) is 6.49. The maximum Gasteiger partial charge on any atom is 0.261 e. The van der Waals surface area contributed by atoms with Gasteiger partial charge < -0.3 is 5.32 Å². The minimum absolute atomic E-state index is 0.0457. The molecular formula is C17H23N3O2S2. The van der Waals surface area contributed by atoms with Crippen molar-refractivity contribution in [1.29, 1.82) is 0 Å². The normalized spacial score (nSPS) is 22.7. The van der Waals surface area contributed by atoms with Crippen molar-refractivity contribution in [2.75, 3.05) is 18.1 Å². The van der Waals surface area contributed by atoms with Crippen molar-refractivity contribution < 1.29 is 9.59 Å². The number of amidine groups is 1. The van der Waals surface area contributed by atoms with Crippen molar-refractivity contribution in [2.24, 2.45) is 15.9 Å². The van der Waals surface area contributed by atoms with Gasteiger partial charge in [0.25, 0.3) is 5.91 Å². The van der Waals surface area contributed by atoms with E-state index in [1.807, 2.05) is 6.92 Å². The molecule has 1 N–H and O–H groups in total. The Bertz CT molecular complexity index is 625. The molecular weight excluding hydrogens is 342 g/mol. The predicted octanol–water partition coefficient (Wildman–Crippen LogP) is 3.16. The van der Waals surface area contributed by atoms with Gasteiger partial charge in [-0.25, -0.2) is 4.99 Å². The van der Waals surface area contributed by atoms with Gasteiger partial charge in [-0.05, 0) is 42.6 Å². The smallest absolute Gasteiger partial charge is 0.261 e. The van der Waals surface area contributed by atoms with Gasteiger partial charge in [0.05, 0.1) is 10.8 Å². The molecule has 130 valence electrons. The zero-order valence-corrected chi connectivity index (χ0v) is 15.6. The monoisotopic (exact) mass is 365 g/mol. The summed E-state index contributed by atoms with van der Waals surface area (Å²) < 4.78 is 0. The number of nitrogens with one attached hydrogen (secondary N) is 1. The van der Waals surface area contributed by atoms with E-state index in [1.165, 1.54) is 23.3 Å². The second-order valence-electron chi connectivity index (χ2n) is 6.16. The highest BCUT2D eigenvalue weighted by molar-refractivity contribution is 8.17. The average molecular weight is 366 g/mol. The van der Waals surface area contributed by atoms with Crippen LogP contribution in [0.25, 0.3) is 0 Å². The van der Waals surface area contributed by atoms with E-state index in [0.717, 1.165) is 36.6 Å². The molecule has 1 atom stereocenters. The summed E-state index contributed by atoms with van der Waals surface area (Å²) in [6, 6.07) is 0. The van der Waals surface area contributed by atoms with Gasteiger partial charge in [-0.15, -0.1) is 0 Å². The van der Waals surface area contributed by atoms with Crippen LogP contribution in [0.1, 0.15) is 45.4 Å². The highest BCUT2D eigenvalue weighted by Crippen LogP contribution is 2.47. The molecule has 7 heteroatoms. The number of rotatable bonds is 7. The Morgan fingerprint density at radius 2 is 2.17 bits per heavy atom. The van der Waals surface area contributed by atoms with Crippen LogP contribution in [0.3, 0.4) is 0 Å².